The lowest BCUT2D eigenvalue weighted by atomic mass is 9.90. The first-order valence-corrected chi connectivity index (χ1v) is 6.42. The average molecular weight is 248 g/mol. The first kappa shape index (κ1) is 13.1. The standard InChI is InChI=1S/C14H20N2O2/c1-14(9-5-6-10-15-14)13(17)16-18-11-12-7-3-2-4-8-12/h2-4,7-8,15H,5-6,9-11H2,1H3,(H,16,17). The number of piperidine rings is 1. The van der Waals surface area contributed by atoms with Gasteiger partial charge in [0.1, 0.15) is 0 Å². The average Bonchev–Trinajstić information content (AvgIpc) is 2.41. The number of carbonyl (C=O) groups excluding carboxylic acids is 1. The molecule has 1 amide bonds. The van der Waals surface area contributed by atoms with E-state index in [9.17, 15) is 4.79 Å². The van der Waals surface area contributed by atoms with Gasteiger partial charge in [-0.25, -0.2) is 5.48 Å². The molecular weight excluding hydrogens is 228 g/mol. The van der Waals surface area contributed by atoms with Crippen LogP contribution in [0.1, 0.15) is 31.7 Å². The molecule has 1 fully saturated rings. The normalized spacial score (nSPS) is 23.6. The van der Waals surface area contributed by atoms with Crippen LogP contribution in [-0.4, -0.2) is 18.0 Å². The number of hydrogen-bond acceptors (Lipinski definition) is 3. The van der Waals surface area contributed by atoms with Gasteiger partial charge in [0, 0.05) is 0 Å². The molecule has 0 aromatic heterocycles. The molecular formula is C14H20N2O2. The Morgan fingerprint density at radius 3 is 2.83 bits per heavy atom. The maximum Gasteiger partial charge on any atom is 0.263 e. The second-order valence-corrected chi connectivity index (χ2v) is 4.92. The molecule has 4 nitrogen and oxygen atoms in total. The topological polar surface area (TPSA) is 50.4 Å². The third kappa shape index (κ3) is 3.31. The van der Waals surface area contributed by atoms with Crippen molar-refractivity contribution in [1.29, 1.82) is 0 Å². The molecule has 4 heteroatoms. The zero-order valence-electron chi connectivity index (χ0n) is 10.7. The summed E-state index contributed by atoms with van der Waals surface area (Å²) in [5, 5.41) is 3.25. The Labute approximate surface area is 108 Å². The number of nitrogens with one attached hydrogen (secondary N) is 2. The smallest absolute Gasteiger partial charge is 0.263 e. The Hall–Kier alpha value is -1.39. The summed E-state index contributed by atoms with van der Waals surface area (Å²) in [6.45, 7) is 3.21. The lowest BCUT2D eigenvalue weighted by Gasteiger charge is -2.33. The predicted molar refractivity (Wildman–Crippen MR) is 69.6 cm³/mol. The third-order valence-corrected chi connectivity index (χ3v) is 3.37. The molecule has 2 N–H and O–H groups in total. The minimum atomic E-state index is -0.491. The minimum absolute atomic E-state index is 0.0851. The Morgan fingerprint density at radius 1 is 1.39 bits per heavy atom. The molecule has 2 rings (SSSR count). The summed E-state index contributed by atoms with van der Waals surface area (Å²) in [7, 11) is 0. The SMILES string of the molecule is CC1(C(=O)NOCc2ccccc2)CCCCN1. The van der Waals surface area contributed by atoms with Crippen molar-refractivity contribution in [2.24, 2.45) is 0 Å². The highest BCUT2D eigenvalue weighted by molar-refractivity contribution is 5.85. The molecule has 1 saturated heterocycles. The minimum Gasteiger partial charge on any atom is -0.303 e. The summed E-state index contributed by atoms with van der Waals surface area (Å²) in [4.78, 5) is 17.3. The van der Waals surface area contributed by atoms with E-state index in [0.717, 1.165) is 31.4 Å². The first-order chi connectivity index (χ1) is 8.71. The summed E-state index contributed by atoms with van der Waals surface area (Å²) in [6.07, 6.45) is 3.07. The van der Waals surface area contributed by atoms with E-state index >= 15 is 0 Å². The maximum atomic E-state index is 12.0. The summed E-state index contributed by atoms with van der Waals surface area (Å²) in [5.74, 6) is -0.0851. The van der Waals surface area contributed by atoms with E-state index in [4.69, 9.17) is 4.84 Å². The maximum absolute atomic E-state index is 12.0. The van der Waals surface area contributed by atoms with Crippen LogP contribution in [0.2, 0.25) is 0 Å². The van der Waals surface area contributed by atoms with Crippen LogP contribution in [0, 0.1) is 0 Å². The van der Waals surface area contributed by atoms with E-state index < -0.39 is 5.54 Å². The molecule has 1 unspecified atom stereocenters. The molecule has 0 bridgehead atoms. The Balaban J connectivity index is 1.78. The number of hydroxylamine groups is 1. The van der Waals surface area contributed by atoms with Gasteiger partial charge in [-0.2, -0.15) is 0 Å². The summed E-state index contributed by atoms with van der Waals surface area (Å²) >= 11 is 0. The predicted octanol–water partition coefficient (Wildman–Crippen LogP) is 1.77. The summed E-state index contributed by atoms with van der Waals surface area (Å²) in [6, 6.07) is 9.78. The quantitative estimate of drug-likeness (QED) is 0.798. The highest BCUT2D eigenvalue weighted by Crippen LogP contribution is 2.18. The van der Waals surface area contributed by atoms with Gasteiger partial charge in [0.15, 0.2) is 0 Å². The fourth-order valence-corrected chi connectivity index (χ4v) is 2.12. The summed E-state index contributed by atoms with van der Waals surface area (Å²) < 4.78 is 0. The highest BCUT2D eigenvalue weighted by atomic mass is 16.6. The molecule has 0 spiro atoms. The van der Waals surface area contributed by atoms with Crippen LogP contribution in [0.15, 0.2) is 30.3 Å². The molecule has 98 valence electrons. The van der Waals surface area contributed by atoms with Crippen molar-refractivity contribution in [1.82, 2.24) is 10.8 Å². The third-order valence-electron chi connectivity index (χ3n) is 3.37. The number of benzene rings is 1. The van der Waals surface area contributed by atoms with E-state index in [1.165, 1.54) is 0 Å². The molecule has 0 saturated carbocycles. The van der Waals surface area contributed by atoms with Crippen molar-refractivity contribution in [2.45, 2.75) is 38.3 Å². The van der Waals surface area contributed by atoms with Gasteiger partial charge in [-0.1, -0.05) is 30.3 Å². The fourth-order valence-electron chi connectivity index (χ4n) is 2.12. The lowest BCUT2D eigenvalue weighted by Crippen LogP contribution is -2.56. The molecule has 18 heavy (non-hydrogen) atoms. The van der Waals surface area contributed by atoms with E-state index in [-0.39, 0.29) is 5.91 Å². The Bertz CT molecular complexity index is 386. The van der Waals surface area contributed by atoms with Crippen LogP contribution >= 0.6 is 0 Å². The van der Waals surface area contributed by atoms with Crippen molar-refractivity contribution in [3.05, 3.63) is 35.9 Å². The van der Waals surface area contributed by atoms with Gasteiger partial charge in [0.25, 0.3) is 5.91 Å². The first-order valence-electron chi connectivity index (χ1n) is 6.42. The zero-order valence-corrected chi connectivity index (χ0v) is 10.7. The van der Waals surface area contributed by atoms with Gasteiger partial charge in [-0.05, 0) is 38.3 Å². The largest absolute Gasteiger partial charge is 0.303 e. The monoisotopic (exact) mass is 248 g/mol. The second-order valence-electron chi connectivity index (χ2n) is 4.92. The van der Waals surface area contributed by atoms with Gasteiger partial charge < -0.3 is 5.32 Å². The van der Waals surface area contributed by atoms with Crippen molar-refractivity contribution >= 4 is 5.91 Å². The van der Waals surface area contributed by atoms with Gasteiger partial charge in [-0.3, -0.25) is 9.63 Å². The molecule has 1 aromatic carbocycles. The van der Waals surface area contributed by atoms with E-state index in [1.807, 2.05) is 37.3 Å². The molecule has 1 heterocycles. The second kappa shape index (κ2) is 5.98. The van der Waals surface area contributed by atoms with Crippen LogP contribution in [0.3, 0.4) is 0 Å². The number of hydrogen-bond donors (Lipinski definition) is 2. The zero-order chi connectivity index (χ0) is 12.8. The number of rotatable bonds is 4. The van der Waals surface area contributed by atoms with Crippen LogP contribution in [-0.2, 0) is 16.2 Å². The fraction of sp³-hybridized carbons (Fsp3) is 0.500. The molecule has 1 aliphatic heterocycles. The van der Waals surface area contributed by atoms with E-state index in [2.05, 4.69) is 10.8 Å². The van der Waals surface area contributed by atoms with Crippen molar-refractivity contribution in [3.63, 3.8) is 0 Å². The number of carbonyl (C=O) groups is 1. The Morgan fingerprint density at radius 2 is 2.17 bits per heavy atom. The molecule has 1 atom stereocenters. The lowest BCUT2D eigenvalue weighted by molar-refractivity contribution is -0.142. The molecule has 1 aliphatic rings. The summed E-state index contributed by atoms with van der Waals surface area (Å²) in [5.41, 5.74) is 3.09. The van der Waals surface area contributed by atoms with Gasteiger partial charge in [-0.15, -0.1) is 0 Å². The van der Waals surface area contributed by atoms with Crippen molar-refractivity contribution in [2.75, 3.05) is 6.54 Å². The van der Waals surface area contributed by atoms with Crippen LogP contribution in [0.5, 0.6) is 0 Å². The van der Waals surface area contributed by atoms with Crippen LogP contribution in [0.4, 0.5) is 0 Å². The molecule has 1 aromatic rings. The van der Waals surface area contributed by atoms with Crippen molar-refractivity contribution in [3.8, 4) is 0 Å². The Kier molecular flexibility index (Phi) is 4.33. The molecule has 0 radical (unpaired) electrons. The number of amides is 1. The van der Waals surface area contributed by atoms with Crippen LogP contribution in [0.25, 0.3) is 0 Å². The van der Waals surface area contributed by atoms with E-state index in [1.54, 1.807) is 0 Å². The molecule has 0 aliphatic carbocycles. The highest BCUT2D eigenvalue weighted by Gasteiger charge is 2.34. The van der Waals surface area contributed by atoms with Gasteiger partial charge in [0.05, 0.1) is 12.1 Å². The van der Waals surface area contributed by atoms with Gasteiger partial charge >= 0.3 is 0 Å². The van der Waals surface area contributed by atoms with E-state index in [0.29, 0.717) is 6.61 Å². The van der Waals surface area contributed by atoms with Gasteiger partial charge in [0.2, 0.25) is 0 Å². The van der Waals surface area contributed by atoms with Crippen molar-refractivity contribution < 1.29 is 9.63 Å². The van der Waals surface area contributed by atoms with Crippen LogP contribution < -0.4 is 10.8 Å².